The Labute approximate surface area is 169 Å². The number of rotatable bonds is 6. The molecule has 0 aliphatic carbocycles. The predicted molar refractivity (Wildman–Crippen MR) is 113 cm³/mol. The highest BCUT2D eigenvalue weighted by Gasteiger charge is 2.23. The molecule has 0 aromatic heterocycles. The minimum atomic E-state index is -0.227. The highest BCUT2D eigenvalue weighted by molar-refractivity contribution is 7.81. The SMILES string of the molecule is CCOC(=O)C[C@@H]1CCc2cc(NC(=S)c3ccc(C(=N)N)cc3)ccc2O1. The van der Waals surface area contributed by atoms with Crippen LogP contribution in [0.3, 0.4) is 0 Å². The quantitative estimate of drug-likeness (QED) is 0.299. The zero-order chi connectivity index (χ0) is 20.1. The number of nitrogens with two attached hydrogens (primary N) is 1. The summed E-state index contributed by atoms with van der Waals surface area (Å²) < 4.78 is 10.9. The number of aryl methyl sites for hydroxylation is 1. The third kappa shape index (κ3) is 4.86. The summed E-state index contributed by atoms with van der Waals surface area (Å²) in [6.45, 7) is 2.18. The number of carbonyl (C=O) groups excluding carboxylic acids is 1. The van der Waals surface area contributed by atoms with Gasteiger partial charge in [0, 0.05) is 16.8 Å². The van der Waals surface area contributed by atoms with Gasteiger partial charge >= 0.3 is 5.97 Å². The Balaban J connectivity index is 1.63. The lowest BCUT2D eigenvalue weighted by Gasteiger charge is -2.26. The Morgan fingerprint density at radius 3 is 2.68 bits per heavy atom. The van der Waals surface area contributed by atoms with E-state index < -0.39 is 0 Å². The number of fused-ring (bicyclic) bond motifs is 1. The number of ether oxygens (including phenoxy) is 2. The molecule has 1 heterocycles. The van der Waals surface area contributed by atoms with Crippen LogP contribution in [0.2, 0.25) is 0 Å². The molecule has 7 heteroatoms. The largest absolute Gasteiger partial charge is 0.490 e. The third-order valence-corrected chi connectivity index (χ3v) is 4.84. The van der Waals surface area contributed by atoms with E-state index >= 15 is 0 Å². The van der Waals surface area contributed by atoms with E-state index in [0.29, 0.717) is 17.2 Å². The highest BCUT2D eigenvalue weighted by atomic mass is 32.1. The van der Waals surface area contributed by atoms with Crippen molar-refractivity contribution in [2.24, 2.45) is 5.73 Å². The van der Waals surface area contributed by atoms with Gasteiger partial charge in [0.15, 0.2) is 0 Å². The zero-order valence-electron chi connectivity index (χ0n) is 15.7. The van der Waals surface area contributed by atoms with Gasteiger partial charge in [-0.1, -0.05) is 36.5 Å². The average molecular weight is 398 g/mol. The maximum absolute atomic E-state index is 11.6. The smallest absolute Gasteiger partial charge is 0.309 e. The van der Waals surface area contributed by atoms with Crippen LogP contribution in [0.1, 0.15) is 36.5 Å². The fourth-order valence-corrected chi connectivity index (χ4v) is 3.33. The molecule has 0 amide bonds. The number of nitrogen functional groups attached to an aromatic ring is 1. The number of anilines is 1. The molecule has 2 aromatic carbocycles. The molecule has 0 radical (unpaired) electrons. The summed E-state index contributed by atoms with van der Waals surface area (Å²) in [5.74, 6) is 0.597. The Bertz CT molecular complexity index is 896. The predicted octanol–water partition coefficient (Wildman–Crippen LogP) is 3.41. The van der Waals surface area contributed by atoms with Crippen molar-refractivity contribution in [3.63, 3.8) is 0 Å². The molecule has 0 unspecified atom stereocenters. The summed E-state index contributed by atoms with van der Waals surface area (Å²) in [5, 5.41) is 10.7. The Morgan fingerprint density at radius 2 is 2.00 bits per heavy atom. The zero-order valence-corrected chi connectivity index (χ0v) is 16.5. The van der Waals surface area contributed by atoms with Gasteiger partial charge in [0.1, 0.15) is 22.7 Å². The van der Waals surface area contributed by atoms with E-state index in [1.165, 1.54) is 0 Å². The van der Waals surface area contributed by atoms with Crippen LogP contribution in [0, 0.1) is 5.41 Å². The summed E-state index contributed by atoms with van der Waals surface area (Å²) in [7, 11) is 0. The van der Waals surface area contributed by atoms with Gasteiger partial charge < -0.3 is 20.5 Å². The van der Waals surface area contributed by atoms with Crippen molar-refractivity contribution in [1.29, 1.82) is 5.41 Å². The topological polar surface area (TPSA) is 97.4 Å². The lowest BCUT2D eigenvalue weighted by molar-refractivity contribution is -0.145. The van der Waals surface area contributed by atoms with E-state index in [0.717, 1.165) is 35.4 Å². The molecule has 1 aliphatic rings. The second-order valence-electron chi connectivity index (χ2n) is 6.56. The molecule has 0 spiro atoms. The summed E-state index contributed by atoms with van der Waals surface area (Å²) in [6.07, 6.45) is 1.72. The van der Waals surface area contributed by atoms with Crippen molar-refractivity contribution in [3.8, 4) is 5.75 Å². The number of nitrogens with one attached hydrogen (secondary N) is 2. The lowest BCUT2D eigenvalue weighted by atomic mass is 10.00. The molecule has 4 N–H and O–H groups in total. The van der Waals surface area contributed by atoms with Crippen molar-refractivity contribution in [2.75, 3.05) is 11.9 Å². The number of benzene rings is 2. The standard InChI is InChI=1S/C21H23N3O3S/c1-2-26-19(25)12-17-9-7-15-11-16(8-10-18(15)27-17)24-21(28)14-5-3-13(4-6-14)20(22)23/h3-6,8,10-11,17H,2,7,9,12H2,1H3,(H3,22,23)(H,24,28)/t17-/m0/s1. The first-order valence-corrected chi connectivity index (χ1v) is 9.58. The van der Waals surface area contributed by atoms with Crippen LogP contribution in [0.25, 0.3) is 0 Å². The number of hydrogen-bond donors (Lipinski definition) is 3. The molecule has 0 bridgehead atoms. The number of thiocarbonyl (C=S) groups is 1. The molecule has 1 atom stereocenters. The number of hydrogen-bond acceptors (Lipinski definition) is 5. The van der Waals surface area contributed by atoms with E-state index in [-0.39, 0.29) is 24.3 Å². The Morgan fingerprint density at radius 1 is 1.29 bits per heavy atom. The monoisotopic (exact) mass is 397 g/mol. The molecule has 0 saturated carbocycles. The van der Waals surface area contributed by atoms with E-state index in [1.54, 1.807) is 19.1 Å². The van der Waals surface area contributed by atoms with Gasteiger partial charge in [0.05, 0.1) is 13.0 Å². The number of esters is 1. The summed E-state index contributed by atoms with van der Waals surface area (Å²) in [4.78, 5) is 12.2. The molecular weight excluding hydrogens is 374 g/mol. The van der Waals surface area contributed by atoms with Crippen LogP contribution in [0.4, 0.5) is 5.69 Å². The number of carbonyl (C=O) groups is 1. The highest BCUT2D eigenvalue weighted by Crippen LogP contribution is 2.31. The molecule has 3 rings (SSSR count). The van der Waals surface area contributed by atoms with E-state index in [9.17, 15) is 4.79 Å². The molecule has 1 aliphatic heterocycles. The lowest BCUT2D eigenvalue weighted by Crippen LogP contribution is -2.26. The van der Waals surface area contributed by atoms with Crippen LogP contribution in [0.5, 0.6) is 5.75 Å². The minimum Gasteiger partial charge on any atom is -0.490 e. The third-order valence-electron chi connectivity index (χ3n) is 4.51. The van der Waals surface area contributed by atoms with Gasteiger partial charge in [-0.2, -0.15) is 0 Å². The molecule has 28 heavy (non-hydrogen) atoms. The first kappa shape index (κ1) is 19.8. The van der Waals surface area contributed by atoms with E-state index in [4.69, 9.17) is 32.8 Å². The summed E-state index contributed by atoms with van der Waals surface area (Å²) in [5.41, 5.74) is 8.95. The van der Waals surface area contributed by atoms with Crippen molar-refractivity contribution in [3.05, 3.63) is 59.2 Å². The summed E-state index contributed by atoms with van der Waals surface area (Å²) >= 11 is 5.48. The van der Waals surface area contributed by atoms with Gasteiger partial charge in [-0.3, -0.25) is 10.2 Å². The van der Waals surface area contributed by atoms with Crippen molar-refractivity contribution in [1.82, 2.24) is 0 Å². The first-order chi connectivity index (χ1) is 13.5. The van der Waals surface area contributed by atoms with Gasteiger partial charge in [0.25, 0.3) is 0 Å². The molecule has 0 fully saturated rings. The van der Waals surface area contributed by atoms with E-state index in [2.05, 4.69) is 5.32 Å². The van der Waals surface area contributed by atoms with Crippen LogP contribution >= 0.6 is 12.2 Å². The van der Waals surface area contributed by atoms with Gasteiger partial charge in [-0.05, 0) is 43.5 Å². The maximum Gasteiger partial charge on any atom is 0.309 e. The van der Waals surface area contributed by atoms with Gasteiger partial charge in [0.2, 0.25) is 0 Å². The van der Waals surface area contributed by atoms with Crippen molar-refractivity contribution in [2.45, 2.75) is 32.3 Å². The summed E-state index contributed by atoms with van der Waals surface area (Å²) in [6, 6.07) is 13.1. The van der Waals surface area contributed by atoms with Crippen molar-refractivity contribution < 1.29 is 14.3 Å². The van der Waals surface area contributed by atoms with Gasteiger partial charge in [-0.15, -0.1) is 0 Å². The second-order valence-corrected chi connectivity index (χ2v) is 6.96. The average Bonchev–Trinajstić information content (AvgIpc) is 2.68. The minimum absolute atomic E-state index is 0.0291. The first-order valence-electron chi connectivity index (χ1n) is 9.17. The maximum atomic E-state index is 11.6. The molecular formula is C21H23N3O3S. The van der Waals surface area contributed by atoms with Crippen molar-refractivity contribution >= 4 is 34.7 Å². The molecule has 2 aromatic rings. The van der Waals surface area contributed by atoms with Crippen LogP contribution in [-0.2, 0) is 16.0 Å². The normalized spacial score (nSPS) is 15.1. The Hall–Kier alpha value is -2.93. The number of amidine groups is 1. The van der Waals surface area contributed by atoms with Gasteiger partial charge in [-0.25, -0.2) is 0 Å². The van der Waals surface area contributed by atoms with Crippen LogP contribution in [0.15, 0.2) is 42.5 Å². The second kappa shape index (κ2) is 8.84. The molecule has 0 saturated heterocycles. The molecule has 6 nitrogen and oxygen atoms in total. The fourth-order valence-electron chi connectivity index (χ4n) is 3.08. The fraction of sp³-hybridized carbons (Fsp3) is 0.286. The van der Waals surface area contributed by atoms with Crippen LogP contribution < -0.4 is 15.8 Å². The molecule has 146 valence electrons. The van der Waals surface area contributed by atoms with Crippen LogP contribution in [-0.4, -0.2) is 29.5 Å². The Kier molecular flexibility index (Phi) is 6.26. The van der Waals surface area contributed by atoms with E-state index in [1.807, 2.05) is 30.3 Å².